The van der Waals surface area contributed by atoms with Crippen LogP contribution in [0.1, 0.15) is 5.56 Å². The first kappa shape index (κ1) is 22.2. The molecule has 1 amide bonds. The van der Waals surface area contributed by atoms with Crippen molar-refractivity contribution in [2.45, 2.75) is 6.54 Å². The summed E-state index contributed by atoms with van der Waals surface area (Å²) in [5.74, 6) is 2.12. The molecule has 1 aromatic heterocycles. The van der Waals surface area contributed by atoms with Crippen LogP contribution < -0.4 is 23.8 Å². The van der Waals surface area contributed by atoms with Gasteiger partial charge in [-0.15, -0.1) is 0 Å². The van der Waals surface area contributed by atoms with E-state index in [2.05, 4.69) is 4.98 Å². The fourth-order valence-electron chi connectivity index (χ4n) is 3.00. The number of hydrogen-bond donors (Lipinski definition) is 0. The number of amides is 1. The minimum absolute atomic E-state index is 0.204. The van der Waals surface area contributed by atoms with E-state index in [1.165, 1.54) is 12.0 Å². The van der Waals surface area contributed by atoms with Crippen molar-refractivity contribution in [3.05, 3.63) is 71.4 Å². The van der Waals surface area contributed by atoms with Gasteiger partial charge in [-0.3, -0.25) is 9.69 Å². The number of pyridine rings is 1. The number of ether oxygens (including phenoxy) is 4. The number of carbonyl (C=O) groups is 1. The topological polar surface area (TPSA) is 70.1 Å². The largest absolute Gasteiger partial charge is 0.493 e. The third-order valence-corrected chi connectivity index (χ3v) is 4.79. The van der Waals surface area contributed by atoms with Crippen molar-refractivity contribution in [1.29, 1.82) is 0 Å². The molecule has 0 N–H and O–H groups in total. The molecule has 162 valence electrons. The summed E-state index contributed by atoms with van der Waals surface area (Å²) in [5.41, 5.74) is 0.770. The van der Waals surface area contributed by atoms with Crippen molar-refractivity contribution >= 4 is 23.3 Å². The fourth-order valence-corrected chi connectivity index (χ4v) is 3.19. The SMILES string of the molecule is COc1cc(CN(C(=O)COc2ccccc2Cl)c2ccccn2)cc(OC)c1OC. The molecule has 3 rings (SSSR count). The Morgan fingerprint density at radius 2 is 1.61 bits per heavy atom. The maximum absolute atomic E-state index is 13.1. The summed E-state index contributed by atoms with van der Waals surface area (Å²) < 4.78 is 21.9. The second kappa shape index (κ2) is 10.5. The number of nitrogens with zero attached hydrogens (tertiary/aromatic N) is 2. The molecule has 0 unspecified atom stereocenters. The first-order valence-corrected chi connectivity index (χ1v) is 9.82. The summed E-state index contributed by atoms with van der Waals surface area (Å²) in [6.45, 7) is 0.0170. The lowest BCUT2D eigenvalue weighted by molar-refractivity contribution is -0.120. The zero-order chi connectivity index (χ0) is 22.2. The molecule has 8 heteroatoms. The molecule has 3 aromatic rings. The highest BCUT2D eigenvalue weighted by atomic mass is 35.5. The monoisotopic (exact) mass is 442 g/mol. The minimum Gasteiger partial charge on any atom is -0.493 e. The lowest BCUT2D eigenvalue weighted by Crippen LogP contribution is -2.35. The quantitative estimate of drug-likeness (QED) is 0.490. The Hall–Kier alpha value is -3.45. The highest BCUT2D eigenvalue weighted by Crippen LogP contribution is 2.38. The lowest BCUT2D eigenvalue weighted by atomic mass is 10.1. The number of anilines is 1. The van der Waals surface area contributed by atoms with Gasteiger partial charge in [0.05, 0.1) is 32.9 Å². The van der Waals surface area contributed by atoms with Gasteiger partial charge in [-0.25, -0.2) is 4.98 Å². The van der Waals surface area contributed by atoms with Gasteiger partial charge in [0.15, 0.2) is 18.1 Å². The molecule has 0 bridgehead atoms. The van der Waals surface area contributed by atoms with Gasteiger partial charge in [0.1, 0.15) is 11.6 Å². The smallest absolute Gasteiger partial charge is 0.266 e. The van der Waals surface area contributed by atoms with E-state index < -0.39 is 0 Å². The van der Waals surface area contributed by atoms with Crippen molar-refractivity contribution in [3.63, 3.8) is 0 Å². The summed E-state index contributed by atoms with van der Waals surface area (Å²) in [6.07, 6.45) is 1.62. The summed E-state index contributed by atoms with van der Waals surface area (Å²) in [7, 11) is 4.62. The van der Waals surface area contributed by atoms with Crippen LogP contribution in [0.5, 0.6) is 23.0 Å². The average molecular weight is 443 g/mol. The number of rotatable bonds is 9. The Kier molecular flexibility index (Phi) is 7.56. The van der Waals surface area contributed by atoms with E-state index >= 15 is 0 Å². The average Bonchev–Trinajstić information content (AvgIpc) is 2.81. The van der Waals surface area contributed by atoms with Crippen LogP contribution in [0.25, 0.3) is 0 Å². The third kappa shape index (κ3) is 5.38. The summed E-state index contributed by atoms with van der Waals surface area (Å²) in [5, 5.41) is 0.435. The Labute approximate surface area is 186 Å². The number of halogens is 1. The molecule has 0 aliphatic rings. The zero-order valence-corrected chi connectivity index (χ0v) is 18.3. The van der Waals surface area contributed by atoms with Crippen LogP contribution in [0.2, 0.25) is 5.02 Å². The van der Waals surface area contributed by atoms with Crippen LogP contribution in [0.15, 0.2) is 60.8 Å². The molecule has 0 spiro atoms. The third-order valence-electron chi connectivity index (χ3n) is 4.48. The van der Waals surface area contributed by atoms with Crippen LogP contribution in [-0.2, 0) is 11.3 Å². The van der Waals surface area contributed by atoms with E-state index in [0.717, 1.165) is 5.56 Å². The summed E-state index contributed by atoms with van der Waals surface area (Å²) in [6, 6.07) is 15.9. The normalized spacial score (nSPS) is 10.3. The van der Waals surface area contributed by atoms with E-state index in [9.17, 15) is 4.79 Å². The van der Waals surface area contributed by atoms with Crippen LogP contribution in [-0.4, -0.2) is 38.8 Å². The van der Waals surface area contributed by atoms with E-state index in [0.29, 0.717) is 33.8 Å². The number of carbonyl (C=O) groups excluding carboxylic acids is 1. The van der Waals surface area contributed by atoms with Gasteiger partial charge in [0.25, 0.3) is 5.91 Å². The summed E-state index contributed by atoms with van der Waals surface area (Å²) in [4.78, 5) is 18.9. The molecule has 0 atom stereocenters. The molecular weight excluding hydrogens is 420 g/mol. The maximum atomic E-state index is 13.1. The Morgan fingerprint density at radius 3 is 2.19 bits per heavy atom. The molecular formula is C23H23ClN2O5. The molecule has 0 aliphatic heterocycles. The Morgan fingerprint density at radius 1 is 0.935 bits per heavy atom. The Bertz CT molecular complexity index is 1000. The van der Waals surface area contributed by atoms with Gasteiger partial charge >= 0.3 is 0 Å². The lowest BCUT2D eigenvalue weighted by Gasteiger charge is -2.23. The van der Waals surface area contributed by atoms with Crippen molar-refractivity contribution in [3.8, 4) is 23.0 Å². The zero-order valence-electron chi connectivity index (χ0n) is 17.5. The number of benzene rings is 2. The molecule has 0 fully saturated rings. The predicted molar refractivity (Wildman–Crippen MR) is 118 cm³/mol. The van der Waals surface area contributed by atoms with Crippen LogP contribution in [0, 0.1) is 0 Å². The molecule has 0 radical (unpaired) electrons. The van der Waals surface area contributed by atoms with Crippen LogP contribution in [0.4, 0.5) is 5.82 Å². The van der Waals surface area contributed by atoms with Gasteiger partial charge in [0.2, 0.25) is 5.75 Å². The number of methoxy groups -OCH3 is 3. The van der Waals surface area contributed by atoms with Gasteiger partial charge in [-0.1, -0.05) is 29.8 Å². The second-order valence-corrected chi connectivity index (χ2v) is 6.83. The van der Waals surface area contributed by atoms with Crippen LogP contribution in [0.3, 0.4) is 0 Å². The fraction of sp³-hybridized carbons (Fsp3) is 0.217. The number of hydrogen-bond acceptors (Lipinski definition) is 6. The van der Waals surface area contributed by atoms with E-state index in [1.54, 1.807) is 68.9 Å². The number of aromatic nitrogens is 1. The van der Waals surface area contributed by atoms with Gasteiger partial charge in [-0.05, 0) is 42.0 Å². The minimum atomic E-state index is -0.285. The molecule has 1 heterocycles. The molecule has 31 heavy (non-hydrogen) atoms. The van der Waals surface area contributed by atoms with E-state index in [4.69, 9.17) is 30.5 Å². The van der Waals surface area contributed by atoms with E-state index in [1.807, 2.05) is 6.07 Å². The van der Waals surface area contributed by atoms with Crippen LogP contribution >= 0.6 is 11.6 Å². The standard InChI is InChI=1S/C23H23ClN2O5/c1-28-19-12-16(13-20(29-2)23(19)30-3)14-26(21-10-6-7-11-25-21)22(27)15-31-18-9-5-4-8-17(18)24/h4-13H,14-15H2,1-3H3. The molecule has 0 saturated carbocycles. The molecule has 0 aliphatic carbocycles. The second-order valence-electron chi connectivity index (χ2n) is 6.42. The van der Waals surface area contributed by atoms with E-state index in [-0.39, 0.29) is 19.1 Å². The first-order valence-electron chi connectivity index (χ1n) is 9.45. The Balaban J connectivity index is 1.88. The molecule has 0 saturated heterocycles. The predicted octanol–water partition coefficient (Wildman–Crippen LogP) is 4.37. The molecule has 2 aromatic carbocycles. The van der Waals surface area contributed by atoms with Crippen molar-refractivity contribution in [1.82, 2.24) is 4.98 Å². The van der Waals surface area contributed by atoms with Gasteiger partial charge < -0.3 is 18.9 Å². The molecule has 7 nitrogen and oxygen atoms in total. The van der Waals surface area contributed by atoms with Gasteiger partial charge in [-0.2, -0.15) is 0 Å². The van der Waals surface area contributed by atoms with Crippen molar-refractivity contribution in [2.75, 3.05) is 32.8 Å². The highest BCUT2D eigenvalue weighted by Gasteiger charge is 2.21. The van der Waals surface area contributed by atoms with Gasteiger partial charge in [0, 0.05) is 6.20 Å². The number of para-hydroxylation sites is 1. The first-order chi connectivity index (χ1) is 15.1. The van der Waals surface area contributed by atoms with Crippen molar-refractivity contribution < 1.29 is 23.7 Å². The highest BCUT2D eigenvalue weighted by molar-refractivity contribution is 6.32. The maximum Gasteiger partial charge on any atom is 0.266 e. The van der Waals surface area contributed by atoms with Crippen molar-refractivity contribution in [2.24, 2.45) is 0 Å². The summed E-state index contributed by atoms with van der Waals surface area (Å²) >= 11 is 6.13.